The maximum atomic E-state index is 13.4. The van der Waals surface area contributed by atoms with Crippen molar-refractivity contribution in [1.29, 1.82) is 0 Å². The summed E-state index contributed by atoms with van der Waals surface area (Å²) >= 11 is 0. The maximum absolute atomic E-state index is 13.4. The first kappa shape index (κ1) is 23.9. The van der Waals surface area contributed by atoms with Crippen LogP contribution in [0, 0.1) is 47.3 Å². The van der Waals surface area contributed by atoms with Crippen LogP contribution in [0.5, 0.6) is 0 Å². The molecule has 0 heterocycles. The molecule has 0 N–H and O–H groups in total. The van der Waals surface area contributed by atoms with Crippen LogP contribution in [-0.2, 0) is 47.7 Å². The number of Topliss-reactive ketones (excluding diaryl/α,β-unsaturated/α-hetero) is 2. The lowest BCUT2D eigenvalue weighted by Crippen LogP contribution is -2.73. The van der Waals surface area contributed by atoms with E-state index in [9.17, 15) is 28.8 Å². The Bertz CT molecular complexity index is 701. The SMILES string of the molecule is CCOC(=O)[C@@H]1[C@H](C(=O)OCC)[C@H]2C(=O)[C@H]3[C@H](C(=O)OCC)[C@H](C(=O)OCC)[C@@H]3C(=O)[C@H]12. The Kier molecular flexibility index (Phi) is 7.00. The molecule has 0 bridgehead atoms. The van der Waals surface area contributed by atoms with Crippen LogP contribution in [0.25, 0.3) is 0 Å². The fraction of sp³-hybridized carbons (Fsp3) is 0.727. The van der Waals surface area contributed by atoms with Crippen molar-refractivity contribution in [2.24, 2.45) is 47.3 Å². The number of carbonyl (C=O) groups is 6. The molecule has 176 valence electrons. The van der Waals surface area contributed by atoms with Gasteiger partial charge in [0, 0.05) is 23.7 Å². The molecule has 0 aromatic heterocycles. The highest BCUT2D eigenvalue weighted by Crippen LogP contribution is 2.62. The van der Waals surface area contributed by atoms with E-state index >= 15 is 0 Å². The number of ether oxygens (including phenoxy) is 4. The molecule has 0 aliphatic heterocycles. The van der Waals surface area contributed by atoms with Crippen molar-refractivity contribution in [3.8, 4) is 0 Å². The van der Waals surface area contributed by atoms with Crippen molar-refractivity contribution in [3.05, 3.63) is 0 Å². The van der Waals surface area contributed by atoms with Gasteiger partial charge < -0.3 is 18.9 Å². The van der Waals surface area contributed by atoms with Crippen molar-refractivity contribution in [2.45, 2.75) is 27.7 Å². The number of esters is 4. The van der Waals surface area contributed by atoms with E-state index in [2.05, 4.69) is 0 Å². The lowest BCUT2D eigenvalue weighted by molar-refractivity contribution is -0.210. The Morgan fingerprint density at radius 3 is 0.844 bits per heavy atom. The van der Waals surface area contributed by atoms with Gasteiger partial charge in [0.15, 0.2) is 0 Å². The van der Waals surface area contributed by atoms with E-state index in [0.29, 0.717) is 0 Å². The zero-order valence-corrected chi connectivity index (χ0v) is 18.5. The first-order valence-electron chi connectivity index (χ1n) is 11.0. The lowest BCUT2D eigenvalue weighted by Gasteiger charge is -2.59. The average molecular weight is 452 g/mol. The largest absolute Gasteiger partial charge is 0.466 e. The average Bonchev–Trinajstić information content (AvgIpc) is 2.66. The summed E-state index contributed by atoms with van der Waals surface area (Å²) in [6.45, 7) is 6.49. The molecular weight excluding hydrogens is 424 g/mol. The summed E-state index contributed by atoms with van der Waals surface area (Å²) in [5, 5.41) is 0. The Balaban J connectivity index is 1.99. The van der Waals surface area contributed by atoms with Crippen molar-refractivity contribution in [2.75, 3.05) is 26.4 Å². The Hall–Kier alpha value is -2.78. The van der Waals surface area contributed by atoms with Crippen LogP contribution in [0.1, 0.15) is 27.7 Å². The molecule has 8 atom stereocenters. The van der Waals surface area contributed by atoms with Gasteiger partial charge in [0.05, 0.1) is 50.1 Å². The number of fused-ring (bicyclic) bond motifs is 2. The number of carbonyl (C=O) groups excluding carboxylic acids is 6. The third-order valence-corrected chi connectivity index (χ3v) is 6.64. The van der Waals surface area contributed by atoms with Crippen LogP contribution < -0.4 is 0 Å². The van der Waals surface area contributed by atoms with Crippen LogP contribution in [0.2, 0.25) is 0 Å². The molecule has 3 fully saturated rings. The second-order valence-corrected chi connectivity index (χ2v) is 8.02. The van der Waals surface area contributed by atoms with Gasteiger partial charge in [-0.3, -0.25) is 28.8 Å². The minimum absolute atomic E-state index is 0.0346. The highest BCUT2D eigenvalue weighted by Gasteiger charge is 2.76. The minimum Gasteiger partial charge on any atom is -0.466 e. The summed E-state index contributed by atoms with van der Waals surface area (Å²) < 4.78 is 20.2. The Labute approximate surface area is 185 Å². The topological polar surface area (TPSA) is 139 Å². The summed E-state index contributed by atoms with van der Waals surface area (Å²) in [7, 11) is 0. The molecular formula is C22H28O10. The molecule has 32 heavy (non-hydrogen) atoms. The van der Waals surface area contributed by atoms with Crippen LogP contribution in [0.3, 0.4) is 0 Å². The van der Waals surface area contributed by atoms with Gasteiger partial charge in [-0.15, -0.1) is 0 Å². The van der Waals surface area contributed by atoms with Gasteiger partial charge in [-0.2, -0.15) is 0 Å². The highest BCUT2D eigenvalue weighted by molar-refractivity contribution is 6.12. The maximum Gasteiger partial charge on any atom is 0.310 e. The van der Waals surface area contributed by atoms with Gasteiger partial charge in [0.2, 0.25) is 0 Å². The highest BCUT2D eigenvalue weighted by atomic mass is 16.5. The normalized spacial score (nSPS) is 34.8. The number of rotatable bonds is 8. The number of hydrogen-bond acceptors (Lipinski definition) is 10. The molecule has 0 unspecified atom stereocenters. The van der Waals surface area contributed by atoms with E-state index in [4.69, 9.17) is 18.9 Å². The summed E-state index contributed by atoms with van der Waals surface area (Å²) in [5.74, 6) is -13.1. The van der Waals surface area contributed by atoms with E-state index < -0.39 is 82.8 Å². The molecule has 3 saturated carbocycles. The monoisotopic (exact) mass is 452 g/mol. The van der Waals surface area contributed by atoms with Crippen molar-refractivity contribution in [1.82, 2.24) is 0 Å². The lowest BCUT2D eigenvalue weighted by atomic mass is 9.39. The van der Waals surface area contributed by atoms with Gasteiger partial charge in [0.25, 0.3) is 0 Å². The van der Waals surface area contributed by atoms with E-state index in [1.165, 1.54) is 0 Å². The van der Waals surface area contributed by atoms with Gasteiger partial charge >= 0.3 is 23.9 Å². The zero-order valence-electron chi connectivity index (χ0n) is 18.5. The minimum atomic E-state index is -1.17. The Morgan fingerprint density at radius 2 is 0.688 bits per heavy atom. The second kappa shape index (κ2) is 9.38. The zero-order chi connectivity index (χ0) is 23.7. The van der Waals surface area contributed by atoms with Gasteiger partial charge in [-0.25, -0.2) is 0 Å². The first-order valence-corrected chi connectivity index (χ1v) is 11.0. The predicted octanol–water partition coefficient (Wildman–Crippen LogP) is 0.347. The Morgan fingerprint density at radius 1 is 0.500 bits per heavy atom. The molecule has 3 aliphatic rings. The van der Waals surface area contributed by atoms with Crippen molar-refractivity contribution < 1.29 is 47.7 Å². The number of ketones is 2. The van der Waals surface area contributed by atoms with Gasteiger partial charge in [0.1, 0.15) is 11.6 Å². The smallest absolute Gasteiger partial charge is 0.310 e. The molecule has 10 nitrogen and oxygen atoms in total. The molecule has 0 radical (unpaired) electrons. The third-order valence-electron chi connectivity index (χ3n) is 6.64. The molecule has 0 spiro atoms. The van der Waals surface area contributed by atoms with Crippen molar-refractivity contribution in [3.63, 3.8) is 0 Å². The predicted molar refractivity (Wildman–Crippen MR) is 104 cm³/mol. The van der Waals surface area contributed by atoms with Crippen LogP contribution in [-0.4, -0.2) is 61.9 Å². The molecule has 3 aliphatic carbocycles. The third kappa shape index (κ3) is 3.49. The van der Waals surface area contributed by atoms with E-state index in [-0.39, 0.29) is 26.4 Å². The van der Waals surface area contributed by atoms with Gasteiger partial charge in [-0.05, 0) is 27.7 Å². The fourth-order valence-electron chi connectivity index (χ4n) is 5.48. The van der Waals surface area contributed by atoms with Crippen LogP contribution in [0.15, 0.2) is 0 Å². The van der Waals surface area contributed by atoms with Crippen molar-refractivity contribution >= 4 is 35.4 Å². The van der Waals surface area contributed by atoms with Crippen LogP contribution >= 0.6 is 0 Å². The molecule has 0 saturated heterocycles. The summed E-state index contributed by atoms with van der Waals surface area (Å²) in [6, 6.07) is 0. The number of hydrogen-bond donors (Lipinski definition) is 0. The van der Waals surface area contributed by atoms with Gasteiger partial charge in [-0.1, -0.05) is 0 Å². The standard InChI is InChI=1S/C22H28O10/c1-5-29-19(25)13-9-10(14(13)20(26)30-6-2)18(24)12-11(17(9)23)15(21(27)31-7-3)16(12)22(28)32-8-4/h9-16H,5-8H2,1-4H3/t9-,10-,11+,12+,13-,14+,15+,16-. The molecule has 3 rings (SSSR count). The summed E-state index contributed by atoms with van der Waals surface area (Å²) in [5.41, 5.74) is 0. The van der Waals surface area contributed by atoms with Crippen LogP contribution in [0.4, 0.5) is 0 Å². The quantitative estimate of drug-likeness (QED) is 0.374. The molecule has 0 amide bonds. The molecule has 10 heteroatoms. The van der Waals surface area contributed by atoms with E-state index in [0.717, 1.165) is 0 Å². The molecule has 0 aromatic carbocycles. The fourth-order valence-corrected chi connectivity index (χ4v) is 5.48. The summed E-state index contributed by atoms with van der Waals surface area (Å²) in [6.07, 6.45) is 0. The summed E-state index contributed by atoms with van der Waals surface area (Å²) in [4.78, 5) is 77.1. The first-order chi connectivity index (χ1) is 15.3. The van der Waals surface area contributed by atoms with E-state index in [1.807, 2.05) is 0 Å². The van der Waals surface area contributed by atoms with E-state index in [1.54, 1.807) is 27.7 Å². The second-order valence-electron chi connectivity index (χ2n) is 8.02. The molecule has 0 aromatic rings.